The highest BCUT2D eigenvalue weighted by Gasteiger charge is 2.27. The van der Waals surface area contributed by atoms with Gasteiger partial charge in [-0.05, 0) is 43.8 Å². The molecule has 0 aromatic heterocycles. The number of carbonyl (C=O) groups excluding carboxylic acids is 1. The van der Waals surface area contributed by atoms with Crippen LogP contribution in [0.15, 0.2) is 0 Å². The number of hydrogen-bond acceptors (Lipinski definition) is 3. The number of amides is 1. The molecule has 3 atom stereocenters. The first-order chi connectivity index (χ1) is 10.2. The summed E-state index contributed by atoms with van der Waals surface area (Å²) in [5.74, 6) is 2.09. The third-order valence-electron chi connectivity index (χ3n) is 4.78. The van der Waals surface area contributed by atoms with Gasteiger partial charge in [0.2, 0.25) is 5.91 Å². The first-order valence-electron chi connectivity index (χ1n) is 8.73. The molecule has 3 nitrogen and oxygen atoms in total. The third kappa shape index (κ3) is 5.48. The van der Waals surface area contributed by atoms with E-state index in [1.54, 1.807) is 0 Å². The van der Waals surface area contributed by atoms with E-state index in [1.165, 1.54) is 19.3 Å². The predicted molar refractivity (Wildman–Crippen MR) is 89.7 cm³/mol. The highest BCUT2D eigenvalue weighted by atomic mass is 32.2. The van der Waals surface area contributed by atoms with E-state index in [-0.39, 0.29) is 0 Å². The van der Waals surface area contributed by atoms with Gasteiger partial charge in [-0.25, -0.2) is 0 Å². The van der Waals surface area contributed by atoms with Crippen molar-refractivity contribution in [1.29, 1.82) is 0 Å². The minimum atomic E-state index is 0.379. The summed E-state index contributed by atoms with van der Waals surface area (Å²) < 4.78 is 5.73. The van der Waals surface area contributed by atoms with E-state index in [2.05, 4.69) is 18.7 Å². The number of hydrogen-bond donors (Lipinski definition) is 0. The summed E-state index contributed by atoms with van der Waals surface area (Å²) in [7, 11) is 0. The van der Waals surface area contributed by atoms with Gasteiger partial charge in [-0.2, -0.15) is 11.8 Å². The third-order valence-corrected chi connectivity index (χ3v) is 5.97. The van der Waals surface area contributed by atoms with E-state index >= 15 is 0 Å². The van der Waals surface area contributed by atoms with Gasteiger partial charge in [0.05, 0.1) is 6.10 Å². The van der Waals surface area contributed by atoms with Crippen LogP contribution in [-0.2, 0) is 9.53 Å². The van der Waals surface area contributed by atoms with Gasteiger partial charge in [0.1, 0.15) is 0 Å². The molecule has 0 radical (unpaired) electrons. The van der Waals surface area contributed by atoms with E-state index in [0.29, 0.717) is 23.2 Å². The summed E-state index contributed by atoms with van der Waals surface area (Å²) in [6.45, 7) is 7.17. The van der Waals surface area contributed by atoms with E-state index in [0.717, 1.165) is 51.1 Å². The Morgan fingerprint density at radius 3 is 2.90 bits per heavy atom. The van der Waals surface area contributed by atoms with Crippen LogP contribution in [-0.4, -0.2) is 47.6 Å². The highest BCUT2D eigenvalue weighted by molar-refractivity contribution is 7.99. The number of ether oxygens (including phenoxy) is 1. The Morgan fingerprint density at radius 2 is 2.14 bits per heavy atom. The normalized spacial score (nSPS) is 31.0. The van der Waals surface area contributed by atoms with Crippen molar-refractivity contribution in [1.82, 2.24) is 4.90 Å². The number of likely N-dealkylation sites (tertiary alicyclic amines) is 1. The quantitative estimate of drug-likeness (QED) is 0.775. The van der Waals surface area contributed by atoms with Gasteiger partial charge < -0.3 is 9.64 Å². The fourth-order valence-electron chi connectivity index (χ4n) is 3.51. The molecule has 122 valence electrons. The Bertz CT molecular complexity index is 324. The smallest absolute Gasteiger partial charge is 0.222 e. The SMILES string of the molecule is CCS[C@@H]1CCCCN(C(=O)C[C@@H]2CCO[C@H](CC)C2)C1. The van der Waals surface area contributed by atoms with Crippen LogP contribution in [0.2, 0.25) is 0 Å². The average Bonchev–Trinajstić information content (AvgIpc) is 2.73. The minimum Gasteiger partial charge on any atom is -0.378 e. The molecule has 2 heterocycles. The molecule has 2 saturated heterocycles. The van der Waals surface area contributed by atoms with Crippen molar-refractivity contribution in [3.05, 3.63) is 0 Å². The van der Waals surface area contributed by atoms with Crippen LogP contribution in [0, 0.1) is 5.92 Å². The van der Waals surface area contributed by atoms with E-state index in [9.17, 15) is 4.79 Å². The van der Waals surface area contributed by atoms with Crippen LogP contribution in [0.25, 0.3) is 0 Å². The molecule has 0 spiro atoms. The van der Waals surface area contributed by atoms with Gasteiger partial charge >= 0.3 is 0 Å². The van der Waals surface area contributed by atoms with Gasteiger partial charge in [-0.3, -0.25) is 4.79 Å². The zero-order valence-electron chi connectivity index (χ0n) is 13.7. The van der Waals surface area contributed by atoms with Crippen molar-refractivity contribution in [3.8, 4) is 0 Å². The average molecular weight is 314 g/mol. The summed E-state index contributed by atoms with van der Waals surface area (Å²) in [5.41, 5.74) is 0. The van der Waals surface area contributed by atoms with Gasteiger partial charge in [-0.1, -0.05) is 20.3 Å². The van der Waals surface area contributed by atoms with E-state index in [4.69, 9.17) is 4.74 Å². The molecular weight excluding hydrogens is 282 g/mol. The number of thioether (sulfide) groups is 1. The Labute approximate surface area is 134 Å². The van der Waals surface area contributed by atoms with Gasteiger partial charge in [0, 0.05) is 31.4 Å². The molecule has 0 saturated carbocycles. The maximum absolute atomic E-state index is 12.6. The first-order valence-corrected chi connectivity index (χ1v) is 9.78. The van der Waals surface area contributed by atoms with Crippen molar-refractivity contribution in [2.45, 2.75) is 70.1 Å². The predicted octanol–water partition coefficient (Wildman–Crippen LogP) is 3.72. The van der Waals surface area contributed by atoms with Crippen molar-refractivity contribution >= 4 is 17.7 Å². The summed E-state index contributed by atoms with van der Waals surface area (Å²) in [4.78, 5) is 14.8. The lowest BCUT2D eigenvalue weighted by atomic mass is 9.91. The molecule has 21 heavy (non-hydrogen) atoms. The summed E-state index contributed by atoms with van der Waals surface area (Å²) >= 11 is 2.02. The maximum Gasteiger partial charge on any atom is 0.222 e. The number of nitrogens with zero attached hydrogens (tertiary/aromatic N) is 1. The second-order valence-corrected chi connectivity index (χ2v) is 7.99. The Morgan fingerprint density at radius 1 is 1.29 bits per heavy atom. The fourth-order valence-corrected chi connectivity index (χ4v) is 4.60. The topological polar surface area (TPSA) is 29.5 Å². The lowest BCUT2D eigenvalue weighted by Gasteiger charge is -2.31. The Balaban J connectivity index is 1.83. The molecule has 0 aromatic rings. The molecule has 0 aliphatic carbocycles. The zero-order valence-corrected chi connectivity index (χ0v) is 14.5. The van der Waals surface area contributed by atoms with Gasteiger partial charge in [0.25, 0.3) is 0 Å². The molecule has 2 aliphatic heterocycles. The second kappa shape index (κ2) is 9.04. The molecular formula is C17H31NO2S. The molecule has 1 amide bonds. The standard InChI is InChI=1S/C17H31NO2S/c1-3-15-11-14(8-10-20-15)12-17(19)18-9-6-5-7-16(13-18)21-4-2/h14-16H,3-13H2,1-2H3/t14-,15-,16-/m1/s1. The van der Waals surface area contributed by atoms with Crippen LogP contribution in [0.1, 0.15) is 58.8 Å². The Hall–Kier alpha value is -0.220. The summed E-state index contributed by atoms with van der Waals surface area (Å²) in [5, 5.41) is 0.652. The molecule has 0 N–H and O–H groups in total. The fraction of sp³-hybridized carbons (Fsp3) is 0.941. The molecule has 4 heteroatoms. The summed E-state index contributed by atoms with van der Waals surface area (Å²) in [6, 6.07) is 0. The van der Waals surface area contributed by atoms with Crippen LogP contribution in [0.5, 0.6) is 0 Å². The zero-order chi connectivity index (χ0) is 15.1. The van der Waals surface area contributed by atoms with Gasteiger partial charge in [0.15, 0.2) is 0 Å². The molecule has 2 aliphatic rings. The van der Waals surface area contributed by atoms with Crippen LogP contribution >= 0.6 is 11.8 Å². The molecule has 0 bridgehead atoms. The van der Waals surface area contributed by atoms with Crippen LogP contribution in [0.4, 0.5) is 0 Å². The number of rotatable bonds is 5. The highest BCUT2D eigenvalue weighted by Crippen LogP contribution is 2.27. The van der Waals surface area contributed by atoms with Crippen LogP contribution < -0.4 is 0 Å². The Kier molecular flexibility index (Phi) is 7.38. The first kappa shape index (κ1) is 17.1. The van der Waals surface area contributed by atoms with Gasteiger partial charge in [-0.15, -0.1) is 0 Å². The largest absolute Gasteiger partial charge is 0.378 e. The molecule has 0 unspecified atom stereocenters. The lowest BCUT2D eigenvalue weighted by Crippen LogP contribution is -2.38. The molecule has 2 fully saturated rings. The molecule has 2 rings (SSSR count). The maximum atomic E-state index is 12.6. The van der Waals surface area contributed by atoms with Crippen molar-refractivity contribution in [2.75, 3.05) is 25.4 Å². The van der Waals surface area contributed by atoms with E-state index in [1.807, 2.05) is 11.8 Å². The van der Waals surface area contributed by atoms with Crippen molar-refractivity contribution in [2.24, 2.45) is 5.92 Å². The molecule has 0 aromatic carbocycles. The monoisotopic (exact) mass is 313 g/mol. The second-order valence-electron chi connectivity index (χ2n) is 6.41. The minimum absolute atomic E-state index is 0.379. The number of carbonyl (C=O) groups is 1. The van der Waals surface area contributed by atoms with Crippen LogP contribution in [0.3, 0.4) is 0 Å². The lowest BCUT2D eigenvalue weighted by molar-refractivity contribution is -0.133. The summed E-state index contributed by atoms with van der Waals surface area (Å²) in [6.07, 6.45) is 8.05. The van der Waals surface area contributed by atoms with Crippen molar-refractivity contribution in [3.63, 3.8) is 0 Å². The van der Waals surface area contributed by atoms with Crippen molar-refractivity contribution < 1.29 is 9.53 Å². The van der Waals surface area contributed by atoms with E-state index < -0.39 is 0 Å².